The quantitative estimate of drug-likeness (QED) is 0.771. The molecule has 0 aliphatic carbocycles. The molecule has 0 radical (unpaired) electrons. The molecule has 9 heteroatoms. The van der Waals surface area contributed by atoms with Crippen molar-refractivity contribution in [1.82, 2.24) is 20.5 Å². The summed E-state index contributed by atoms with van der Waals surface area (Å²) in [6, 6.07) is 3.96. The zero-order valence-corrected chi connectivity index (χ0v) is 14.4. The maximum absolute atomic E-state index is 11.0. The maximum Gasteiger partial charge on any atom is 0.434 e. The number of aromatic amines is 1. The number of pyridine rings is 1. The largest absolute Gasteiger partial charge is 0.434 e. The Morgan fingerprint density at radius 2 is 2.09 bits per heavy atom. The number of H-pyrrole nitrogens is 1. The van der Waals surface area contributed by atoms with Gasteiger partial charge in [-0.1, -0.05) is 0 Å². The van der Waals surface area contributed by atoms with Gasteiger partial charge in [-0.3, -0.25) is 0 Å². The average Bonchev–Trinajstić information content (AvgIpc) is 2.95. The van der Waals surface area contributed by atoms with Crippen molar-refractivity contribution in [2.75, 3.05) is 18.4 Å². The Morgan fingerprint density at radius 3 is 2.74 bits per heavy atom. The van der Waals surface area contributed by atoms with Gasteiger partial charge in [0.1, 0.15) is 5.82 Å². The molecular weight excluding hydrogens is 341 g/mol. The first-order chi connectivity index (χ1) is 10.2. The fourth-order valence-electron chi connectivity index (χ4n) is 2.69. The van der Waals surface area contributed by atoms with E-state index in [1.54, 1.807) is 12.3 Å². The van der Waals surface area contributed by atoms with Gasteiger partial charge in [0.15, 0.2) is 0 Å². The normalized spacial score (nSPS) is 16.0. The predicted octanol–water partition coefficient (Wildman–Crippen LogP) is 2.07. The van der Waals surface area contributed by atoms with Crippen molar-refractivity contribution in [3.05, 3.63) is 28.9 Å². The van der Waals surface area contributed by atoms with Crippen LogP contribution in [0.2, 0.25) is 0 Å². The van der Waals surface area contributed by atoms with Crippen LogP contribution in [0.4, 0.5) is 5.82 Å². The van der Waals surface area contributed by atoms with Crippen molar-refractivity contribution in [2.45, 2.75) is 25.8 Å². The average molecular weight is 362 g/mol. The highest BCUT2D eigenvalue weighted by Crippen LogP contribution is 2.22. The van der Waals surface area contributed by atoms with Crippen molar-refractivity contribution in [1.29, 1.82) is 0 Å². The standard InChI is InChI=1S/C14H19N5O2.2ClH/c1-9(10-2-5-15-6-3-10)17-12-8-11(4-7-16-12)13-18-19-14(20)21-13;;/h4,7-10,15H,2-3,5-6H2,1H3,(H,16,17)(H,19,20);2*1H/t9-;;/m0../s1. The third-order valence-corrected chi connectivity index (χ3v) is 3.91. The summed E-state index contributed by atoms with van der Waals surface area (Å²) in [4.78, 5) is 15.3. The van der Waals surface area contributed by atoms with Crippen molar-refractivity contribution in [2.24, 2.45) is 5.92 Å². The molecule has 3 heterocycles. The second-order valence-corrected chi connectivity index (χ2v) is 5.37. The van der Waals surface area contributed by atoms with E-state index in [9.17, 15) is 4.79 Å². The van der Waals surface area contributed by atoms with Gasteiger partial charge in [-0.25, -0.2) is 14.9 Å². The van der Waals surface area contributed by atoms with Gasteiger partial charge >= 0.3 is 5.76 Å². The Hall–Kier alpha value is -1.57. The number of anilines is 1. The van der Waals surface area contributed by atoms with Gasteiger partial charge in [0.2, 0.25) is 5.89 Å². The first kappa shape index (κ1) is 19.5. The van der Waals surface area contributed by atoms with Crippen molar-refractivity contribution >= 4 is 30.6 Å². The highest BCUT2D eigenvalue weighted by Gasteiger charge is 2.20. The lowest BCUT2D eigenvalue weighted by atomic mass is 9.91. The SMILES string of the molecule is C[C@H](Nc1cc(-c2n[nH]c(=O)o2)ccn1)C1CCNCC1.Cl.Cl. The Labute approximate surface area is 146 Å². The molecule has 23 heavy (non-hydrogen) atoms. The van der Waals surface area contributed by atoms with Crippen molar-refractivity contribution < 1.29 is 4.42 Å². The smallest absolute Gasteiger partial charge is 0.388 e. The molecule has 1 fully saturated rings. The summed E-state index contributed by atoms with van der Waals surface area (Å²) in [6.07, 6.45) is 4.02. The fourth-order valence-corrected chi connectivity index (χ4v) is 2.69. The molecule has 3 N–H and O–H groups in total. The van der Waals surface area contributed by atoms with E-state index in [1.807, 2.05) is 6.07 Å². The summed E-state index contributed by atoms with van der Waals surface area (Å²) in [6.45, 7) is 4.32. The zero-order chi connectivity index (χ0) is 14.7. The number of hydrogen-bond donors (Lipinski definition) is 3. The molecule has 0 spiro atoms. The van der Waals surface area contributed by atoms with Gasteiger partial charge in [0.25, 0.3) is 0 Å². The topological polar surface area (TPSA) is 95.8 Å². The minimum atomic E-state index is -0.556. The van der Waals surface area contributed by atoms with E-state index in [0.29, 0.717) is 12.0 Å². The predicted molar refractivity (Wildman–Crippen MR) is 93.5 cm³/mol. The molecular formula is C14H21Cl2N5O2. The van der Waals surface area contributed by atoms with Gasteiger partial charge in [0.05, 0.1) is 0 Å². The molecule has 1 atom stereocenters. The second-order valence-electron chi connectivity index (χ2n) is 5.37. The van der Waals surface area contributed by atoms with Crippen LogP contribution < -0.4 is 16.4 Å². The molecule has 7 nitrogen and oxygen atoms in total. The van der Waals surface area contributed by atoms with Gasteiger partial charge in [-0.05, 0) is 50.9 Å². The number of nitrogens with one attached hydrogen (secondary N) is 3. The van der Waals surface area contributed by atoms with Gasteiger partial charge < -0.3 is 15.1 Å². The maximum atomic E-state index is 11.0. The zero-order valence-electron chi connectivity index (χ0n) is 12.7. The van der Waals surface area contributed by atoms with E-state index in [2.05, 4.69) is 32.7 Å². The molecule has 3 rings (SSSR count). The summed E-state index contributed by atoms with van der Waals surface area (Å²) in [7, 11) is 0. The van der Waals surface area contributed by atoms with Crippen LogP contribution in [-0.4, -0.2) is 34.3 Å². The Kier molecular flexibility index (Phi) is 7.54. The Bertz CT molecular complexity index is 654. The summed E-state index contributed by atoms with van der Waals surface area (Å²) in [5.74, 6) is 1.13. The molecule has 1 saturated heterocycles. The minimum Gasteiger partial charge on any atom is -0.388 e. The van der Waals surface area contributed by atoms with Crippen LogP contribution in [0.3, 0.4) is 0 Å². The number of nitrogens with zero attached hydrogens (tertiary/aromatic N) is 2. The number of halogens is 2. The molecule has 1 aliphatic heterocycles. The molecule has 0 amide bonds. The van der Waals surface area contributed by atoms with E-state index < -0.39 is 5.76 Å². The van der Waals surface area contributed by atoms with Crippen LogP contribution in [0.15, 0.2) is 27.5 Å². The Balaban J connectivity index is 0.00000132. The first-order valence-electron chi connectivity index (χ1n) is 7.21. The lowest BCUT2D eigenvalue weighted by Gasteiger charge is -2.29. The van der Waals surface area contributed by atoms with Crippen LogP contribution in [0, 0.1) is 5.92 Å². The molecule has 128 valence electrons. The lowest BCUT2D eigenvalue weighted by molar-refractivity contribution is 0.342. The van der Waals surface area contributed by atoms with Gasteiger partial charge in [-0.2, -0.15) is 0 Å². The van der Waals surface area contributed by atoms with Crippen molar-refractivity contribution in [3.8, 4) is 11.5 Å². The van der Waals surface area contributed by atoms with Crippen LogP contribution in [-0.2, 0) is 0 Å². The number of rotatable bonds is 4. The number of hydrogen-bond acceptors (Lipinski definition) is 6. The molecule has 0 bridgehead atoms. The van der Waals surface area contributed by atoms with Gasteiger partial charge in [-0.15, -0.1) is 29.9 Å². The van der Waals surface area contributed by atoms with Gasteiger partial charge in [0, 0.05) is 17.8 Å². The lowest BCUT2D eigenvalue weighted by Crippen LogP contribution is -2.36. The minimum absolute atomic E-state index is 0. The summed E-state index contributed by atoms with van der Waals surface area (Å²) in [5.41, 5.74) is 0.725. The third kappa shape index (κ3) is 4.95. The van der Waals surface area contributed by atoms with Crippen LogP contribution in [0.1, 0.15) is 19.8 Å². The van der Waals surface area contributed by atoms with Crippen LogP contribution >= 0.6 is 24.8 Å². The monoisotopic (exact) mass is 361 g/mol. The second kappa shape index (κ2) is 8.90. The number of aromatic nitrogens is 3. The molecule has 2 aromatic heterocycles. The van der Waals surface area contributed by atoms with Crippen LogP contribution in [0.25, 0.3) is 11.5 Å². The molecule has 0 unspecified atom stereocenters. The van der Waals surface area contributed by atoms with E-state index in [4.69, 9.17) is 4.42 Å². The van der Waals surface area contributed by atoms with E-state index in [1.165, 1.54) is 12.8 Å². The van der Waals surface area contributed by atoms with E-state index in [-0.39, 0.29) is 30.7 Å². The molecule has 2 aromatic rings. The van der Waals surface area contributed by atoms with Crippen molar-refractivity contribution in [3.63, 3.8) is 0 Å². The molecule has 1 aliphatic rings. The van der Waals surface area contributed by atoms with Crippen LogP contribution in [0.5, 0.6) is 0 Å². The van der Waals surface area contributed by atoms with E-state index in [0.717, 1.165) is 24.5 Å². The molecule has 0 saturated carbocycles. The summed E-state index contributed by atoms with van der Waals surface area (Å²) >= 11 is 0. The van der Waals surface area contributed by atoms with E-state index >= 15 is 0 Å². The molecule has 0 aromatic carbocycles. The highest BCUT2D eigenvalue weighted by molar-refractivity contribution is 5.85. The fraction of sp³-hybridized carbons (Fsp3) is 0.500. The summed E-state index contributed by atoms with van der Waals surface area (Å²) in [5, 5.41) is 12.9. The third-order valence-electron chi connectivity index (χ3n) is 3.91. The highest BCUT2D eigenvalue weighted by atomic mass is 35.5. The first-order valence-corrected chi connectivity index (χ1v) is 7.21. The summed E-state index contributed by atoms with van der Waals surface area (Å²) < 4.78 is 4.96. The number of piperidine rings is 1. The Morgan fingerprint density at radius 1 is 1.35 bits per heavy atom.